The van der Waals surface area contributed by atoms with Crippen LogP contribution in [0.15, 0.2) is 66.1 Å². The molecule has 33 heavy (non-hydrogen) atoms. The highest BCUT2D eigenvalue weighted by Crippen LogP contribution is 2.36. The smallest absolute Gasteiger partial charge is 0.135 e. The Balaban J connectivity index is 1.47. The Morgan fingerprint density at radius 3 is 2.91 bits per heavy atom. The number of aryl methyl sites for hydroxylation is 2. The Hall–Kier alpha value is -3.31. The molecule has 6 rings (SSSR count). The van der Waals surface area contributed by atoms with Crippen LogP contribution in [-0.2, 0) is 11.8 Å². The molecule has 166 valence electrons. The summed E-state index contributed by atoms with van der Waals surface area (Å²) >= 11 is 6.35. The molecule has 0 amide bonds. The highest BCUT2D eigenvalue weighted by molar-refractivity contribution is 6.31. The quantitative estimate of drug-likeness (QED) is 0.379. The van der Waals surface area contributed by atoms with Crippen LogP contribution in [0.5, 0.6) is 0 Å². The zero-order valence-corrected chi connectivity index (χ0v) is 19.5. The van der Waals surface area contributed by atoms with Crippen LogP contribution in [0.4, 0.5) is 5.69 Å². The lowest BCUT2D eigenvalue weighted by atomic mass is 9.94. The van der Waals surface area contributed by atoms with Crippen LogP contribution in [0.25, 0.3) is 33.1 Å². The molecule has 5 nitrogen and oxygen atoms in total. The molecule has 1 aliphatic heterocycles. The van der Waals surface area contributed by atoms with Crippen molar-refractivity contribution in [3.05, 3.63) is 76.7 Å². The lowest BCUT2D eigenvalue weighted by Crippen LogP contribution is -2.29. The number of rotatable bonds is 3. The van der Waals surface area contributed by atoms with Gasteiger partial charge >= 0.3 is 0 Å². The van der Waals surface area contributed by atoms with E-state index in [-0.39, 0.29) is 6.04 Å². The second-order valence-corrected chi connectivity index (χ2v) is 9.36. The summed E-state index contributed by atoms with van der Waals surface area (Å²) < 4.78 is 8.06. The van der Waals surface area contributed by atoms with Crippen molar-refractivity contribution < 1.29 is 4.74 Å². The van der Waals surface area contributed by atoms with E-state index in [0.717, 1.165) is 81.0 Å². The van der Waals surface area contributed by atoms with Gasteiger partial charge in [-0.1, -0.05) is 48.0 Å². The summed E-state index contributed by atoms with van der Waals surface area (Å²) in [6.45, 7) is 2.80. The molecule has 0 saturated carbocycles. The topological polar surface area (TPSA) is 52.0 Å². The minimum absolute atomic E-state index is 0.217. The molecular formula is C27H25ClN4O. The number of fused-ring (bicyclic) bond motifs is 3. The van der Waals surface area contributed by atoms with Gasteiger partial charge in [0.15, 0.2) is 0 Å². The molecule has 6 heteroatoms. The first-order chi connectivity index (χ1) is 16.1. The molecule has 2 aromatic heterocycles. The summed E-state index contributed by atoms with van der Waals surface area (Å²) in [4.78, 5) is 0. The third-order valence-electron chi connectivity index (χ3n) is 6.59. The number of halogens is 1. The lowest BCUT2D eigenvalue weighted by Gasteiger charge is -2.30. The maximum Gasteiger partial charge on any atom is 0.135 e. The normalized spacial score (nSPS) is 18.0. The largest absolute Gasteiger partial charge is 0.497 e. The molecule has 1 aliphatic carbocycles. The van der Waals surface area contributed by atoms with Gasteiger partial charge in [-0.25, -0.2) is 0 Å². The van der Waals surface area contributed by atoms with Crippen LogP contribution in [0, 0.1) is 6.92 Å². The molecule has 1 unspecified atom stereocenters. The van der Waals surface area contributed by atoms with Gasteiger partial charge in [0.05, 0.1) is 23.9 Å². The van der Waals surface area contributed by atoms with Crippen molar-refractivity contribution in [3.63, 3.8) is 0 Å². The van der Waals surface area contributed by atoms with Gasteiger partial charge in [0.2, 0.25) is 0 Å². The molecule has 3 heterocycles. The molecule has 0 fully saturated rings. The highest BCUT2D eigenvalue weighted by atomic mass is 35.5. The van der Waals surface area contributed by atoms with E-state index in [4.69, 9.17) is 26.5 Å². The van der Waals surface area contributed by atoms with E-state index in [0.29, 0.717) is 0 Å². The fraction of sp³-hybridized carbons (Fsp3) is 0.259. The van der Waals surface area contributed by atoms with Gasteiger partial charge in [-0.3, -0.25) is 0 Å². The van der Waals surface area contributed by atoms with E-state index < -0.39 is 0 Å². The molecule has 0 bridgehead atoms. The number of hydrogen-bond donors (Lipinski definition) is 1. The number of benzene rings is 2. The highest BCUT2D eigenvalue weighted by Gasteiger charge is 2.26. The molecule has 1 N–H and O–H groups in total. The molecule has 2 aliphatic rings. The van der Waals surface area contributed by atoms with Crippen LogP contribution >= 0.6 is 11.6 Å². The van der Waals surface area contributed by atoms with Crippen molar-refractivity contribution in [1.29, 1.82) is 0 Å². The predicted molar refractivity (Wildman–Crippen MR) is 135 cm³/mol. The molecule has 4 aromatic rings. The van der Waals surface area contributed by atoms with E-state index in [1.54, 1.807) is 0 Å². The van der Waals surface area contributed by atoms with E-state index in [1.165, 1.54) is 5.57 Å². The number of aromatic nitrogens is 3. The van der Waals surface area contributed by atoms with Gasteiger partial charge in [-0.15, -0.1) is 10.2 Å². The van der Waals surface area contributed by atoms with E-state index in [2.05, 4.69) is 66.5 Å². The third-order valence-corrected chi connectivity index (χ3v) is 6.81. The predicted octanol–water partition coefficient (Wildman–Crippen LogP) is 6.56. The van der Waals surface area contributed by atoms with Gasteiger partial charge in [-0.2, -0.15) is 0 Å². The van der Waals surface area contributed by atoms with Crippen LogP contribution in [-0.4, -0.2) is 27.4 Å². The van der Waals surface area contributed by atoms with Crippen LogP contribution < -0.4 is 5.32 Å². The average Bonchev–Trinajstić information content (AvgIpc) is 3.14. The lowest BCUT2D eigenvalue weighted by molar-refractivity contribution is 0.174. The zero-order valence-electron chi connectivity index (χ0n) is 18.7. The Labute approximate surface area is 197 Å². The van der Waals surface area contributed by atoms with Crippen molar-refractivity contribution in [2.24, 2.45) is 7.05 Å². The van der Waals surface area contributed by atoms with Crippen molar-refractivity contribution in [1.82, 2.24) is 14.8 Å². The first-order valence-corrected chi connectivity index (χ1v) is 11.8. The summed E-state index contributed by atoms with van der Waals surface area (Å²) in [6.07, 6.45) is 9.52. The molecule has 0 radical (unpaired) electrons. The molecule has 0 saturated heterocycles. The fourth-order valence-electron chi connectivity index (χ4n) is 5.13. The van der Waals surface area contributed by atoms with Gasteiger partial charge < -0.3 is 14.6 Å². The number of nitrogens with one attached hydrogen (secondary N) is 1. The van der Waals surface area contributed by atoms with Crippen molar-refractivity contribution in [2.45, 2.75) is 32.2 Å². The van der Waals surface area contributed by atoms with Gasteiger partial charge in [0.25, 0.3) is 0 Å². The summed E-state index contributed by atoms with van der Waals surface area (Å²) in [6, 6.07) is 12.6. The summed E-state index contributed by atoms with van der Waals surface area (Å²) in [5.74, 6) is 1.12. The average molecular weight is 457 g/mol. The second kappa shape index (κ2) is 7.92. The number of allylic oxidation sites excluding steroid dienone is 2. The maximum absolute atomic E-state index is 6.35. The van der Waals surface area contributed by atoms with Crippen LogP contribution in [0.2, 0.25) is 5.02 Å². The monoisotopic (exact) mass is 456 g/mol. The van der Waals surface area contributed by atoms with Crippen LogP contribution in [0.1, 0.15) is 24.8 Å². The Bertz CT molecular complexity index is 1450. The number of ether oxygens (including phenoxy) is 1. The Morgan fingerprint density at radius 2 is 2.03 bits per heavy atom. The fourth-order valence-corrected chi connectivity index (χ4v) is 5.42. The maximum atomic E-state index is 6.35. The Kier molecular flexibility index (Phi) is 4.88. The van der Waals surface area contributed by atoms with E-state index in [9.17, 15) is 0 Å². The third kappa shape index (κ3) is 3.47. The zero-order chi connectivity index (χ0) is 22.5. The van der Waals surface area contributed by atoms with Gasteiger partial charge in [-0.05, 0) is 36.6 Å². The summed E-state index contributed by atoms with van der Waals surface area (Å²) in [5.41, 5.74) is 8.32. The SMILES string of the molecule is Cc1cc(Cl)cc(-c2cccc3c2nnc2c(NC4CCOC5=C4C=CCC5)cn(C)c23)c1. The molecule has 1 atom stereocenters. The minimum atomic E-state index is 0.217. The van der Waals surface area contributed by atoms with Crippen LogP contribution in [0.3, 0.4) is 0 Å². The van der Waals surface area contributed by atoms with Gasteiger partial charge in [0, 0.05) is 47.6 Å². The first-order valence-electron chi connectivity index (χ1n) is 11.4. The van der Waals surface area contributed by atoms with E-state index in [1.807, 2.05) is 12.1 Å². The minimum Gasteiger partial charge on any atom is -0.497 e. The molecule has 2 aromatic carbocycles. The first kappa shape index (κ1) is 20.3. The van der Waals surface area contributed by atoms with Crippen molar-refractivity contribution >= 4 is 39.2 Å². The number of nitrogens with zero attached hydrogens (tertiary/aromatic N) is 3. The summed E-state index contributed by atoms with van der Waals surface area (Å²) in [7, 11) is 2.07. The Morgan fingerprint density at radius 1 is 1.15 bits per heavy atom. The summed E-state index contributed by atoms with van der Waals surface area (Å²) in [5, 5.41) is 14.9. The van der Waals surface area contributed by atoms with E-state index >= 15 is 0 Å². The van der Waals surface area contributed by atoms with Crippen molar-refractivity contribution in [3.8, 4) is 11.1 Å². The standard InChI is InChI=1S/C27H25ClN4O/c1-16-12-17(14-18(28)13-16)19-7-5-8-21-25(19)30-31-26-23(15-32(2)27(21)26)29-22-10-11-33-24-9-4-3-6-20(22)24/h3,5-8,12-15,22,29H,4,9-11H2,1-2H3. The second-order valence-electron chi connectivity index (χ2n) is 8.92. The molecular weight excluding hydrogens is 432 g/mol. The van der Waals surface area contributed by atoms with Gasteiger partial charge in [0.1, 0.15) is 16.8 Å². The number of anilines is 1. The molecule has 0 spiro atoms. The van der Waals surface area contributed by atoms with Crippen molar-refractivity contribution in [2.75, 3.05) is 11.9 Å². The number of hydrogen-bond acceptors (Lipinski definition) is 4.